The molecule has 34 heavy (non-hydrogen) atoms. The monoisotopic (exact) mass is 481 g/mol. The summed E-state index contributed by atoms with van der Waals surface area (Å²) >= 11 is 6.18. The van der Waals surface area contributed by atoms with E-state index in [-0.39, 0.29) is 35.5 Å². The fourth-order valence-electron chi connectivity index (χ4n) is 5.85. The topological polar surface area (TPSA) is 85.6 Å². The second kappa shape index (κ2) is 9.13. The van der Waals surface area contributed by atoms with Crippen LogP contribution in [-0.2, 0) is 0 Å². The zero-order valence-corrected chi connectivity index (χ0v) is 20.9. The second-order valence-electron chi connectivity index (χ2n) is 10.6. The van der Waals surface area contributed by atoms with Crippen LogP contribution in [0.1, 0.15) is 50.0 Å². The number of benzene rings is 2. The van der Waals surface area contributed by atoms with Crippen LogP contribution in [0.4, 0.5) is 5.69 Å². The molecular formula is C27H32ClN3O3. The van der Waals surface area contributed by atoms with Gasteiger partial charge in [0.2, 0.25) is 0 Å². The molecule has 1 aliphatic carbocycles. The standard InChI is InChI=1S/C27H32ClN3O3/c1-26(2)24(27(3,4)25(26)34-21-10-7-19(14-29)22(28)13-21)30-23(33)18-5-8-20(9-6-18)31-12-11-17(15-31)16-32/h5-10,13,17,24-25,32H,11-12,15-16H2,1-4H3,(H,30,33)/t17-,24-,25-/m0/s1. The molecule has 2 aromatic rings. The van der Waals surface area contributed by atoms with Crippen LogP contribution in [0, 0.1) is 28.1 Å². The van der Waals surface area contributed by atoms with E-state index in [0.717, 1.165) is 25.2 Å². The molecule has 4 rings (SSSR count). The highest BCUT2D eigenvalue weighted by atomic mass is 35.5. The van der Waals surface area contributed by atoms with Crippen molar-refractivity contribution in [1.29, 1.82) is 5.26 Å². The number of carbonyl (C=O) groups is 1. The summed E-state index contributed by atoms with van der Waals surface area (Å²) in [6, 6.07) is 14.7. The van der Waals surface area contributed by atoms with E-state index in [0.29, 0.717) is 27.8 Å². The van der Waals surface area contributed by atoms with Gasteiger partial charge in [0.15, 0.2) is 0 Å². The van der Waals surface area contributed by atoms with Crippen molar-refractivity contribution in [2.45, 2.75) is 46.3 Å². The molecule has 0 radical (unpaired) electrons. The molecule has 0 bridgehead atoms. The summed E-state index contributed by atoms with van der Waals surface area (Å²) in [6.07, 6.45) is 0.842. The number of nitrogens with zero attached hydrogens (tertiary/aromatic N) is 2. The van der Waals surface area contributed by atoms with E-state index in [1.165, 1.54) is 0 Å². The van der Waals surface area contributed by atoms with Crippen molar-refractivity contribution >= 4 is 23.2 Å². The molecule has 180 valence electrons. The molecule has 2 aromatic carbocycles. The van der Waals surface area contributed by atoms with Crippen LogP contribution in [0.5, 0.6) is 5.75 Å². The van der Waals surface area contributed by atoms with Gasteiger partial charge in [0.1, 0.15) is 17.9 Å². The van der Waals surface area contributed by atoms with Gasteiger partial charge >= 0.3 is 0 Å². The number of ether oxygens (including phenoxy) is 1. The number of aliphatic hydroxyl groups excluding tert-OH is 1. The first kappa shape index (κ1) is 24.4. The third kappa shape index (κ3) is 4.35. The summed E-state index contributed by atoms with van der Waals surface area (Å²) in [6.45, 7) is 10.3. The van der Waals surface area contributed by atoms with Crippen molar-refractivity contribution in [2.75, 3.05) is 24.6 Å². The Bertz CT molecular complexity index is 1090. The average molecular weight is 482 g/mol. The molecule has 1 aliphatic heterocycles. The van der Waals surface area contributed by atoms with Gasteiger partial charge in [-0.05, 0) is 42.8 Å². The lowest BCUT2D eigenvalue weighted by atomic mass is 9.49. The highest BCUT2D eigenvalue weighted by molar-refractivity contribution is 6.31. The highest BCUT2D eigenvalue weighted by Crippen LogP contribution is 2.55. The van der Waals surface area contributed by atoms with Crippen molar-refractivity contribution in [1.82, 2.24) is 5.32 Å². The Morgan fingerprint density at radius 1 is 1.21 bits per heavy atom. The first-order valence-electron chi connectivity index (χ1n) is 11.7. The quantitative estimate of drug-likeness (QED) is 0.627. The number of rotatable bonds is 6. The molecule has 0 spiro atoms. The lowest BCUT2D eigenvalue weighted by Gasteiger charge is -2.63. The Morgan fingerprint density at radius 2 is 1.88 bits per heavy atom. The average Bonchev–Trinajstić information content (AvgIpc) is 3.30. The molecule has 2 aliphatic rings. The van der Waals surface area contributed by atoms with Crippen molar-refractivity contribution in [3.8, 4) is 11.8 Å². The summed E-state index contributed by atoms with van der Waals surface area (Å²) in [5.74, 6) is 0.828. The van der Waals surface area contributed by atoms with Gasteiger partial charge in [0.05, 0.1) is 10.6 Å². The molecule has 2 fully saturated rings. The number of hydrogen-bond acceptors (Lipinski definition) is 5. The first-order valence-corrected chi connectivity index (χ1v) is 12.1. The number of nitriles is 1. The summed E-state index contributed by atoms with van der Waals surface area (Å²) in [7, 11) is 0. The minimum absolute atomic E-state index is 0.0880. The number of amides is 1. The number of carbonyl (C=O) groups excluding carboxylic acids is 1. The lowest BCUT2D eigenvalue weighted by Crippen LogP contribution is -2.74. The lowest BCUT2D eigenvalue weighted by molar-refractivity contribution is -0.164. The van der Waals surface area contributed by atoms with Crippen LogP contribution in [0.15, 0.2) is 42.5 Å². The van der Waals surface area contributed by atoms with Gasteiger partial charge in [0, 0.05) is 59.8 Å². The Hall–Kier alpha value is -2.75. The first-order chi connectivity index (χ1) is 16.1. The maximum atomic E-state index is 13.1. The second-order valence-corrected chi connectivity index (χ2v) is 11.0. The van der Waals surface area contributed by atoms with Crippen molar-refractivity contribution in [3.05, 3.63) is 58.6 Å². The summed E-state index contributed by atoms with van der Waals surface area (Å²) < 4.78 is 6.30. The molecule has 0 unspecified atom stereocenters. The van der Waals surface area contributed by atoms with Gasteiger partial charge in [-0.2, -0.15) is 5.26 Å². The molecule has 1 heterocycles. The predicted octanol–water partition coefficient (Wildman–Crippen LogP) is 4.64. The fraction of sp³-hybridized carbons (Fsp3) is 0.481. The van der Waals surface area contributed by atoms with Crippen LogP contribution in [0.25, 0.3) is 0 Å². The van der Waals surface area contributed by atoms with Crippen LogP contribution in [-0.4, -0.2) is 42.9 Å². The van der Waals surface area contributed by atoms with Crippen molar-refractivity contribution in [2.24, 2.45) is 16.7 Å². The van der Waals surface area contributed by atoms with Gasteiger partial charge in [-0.1, -0.05) is 39.3 Å². The number of halogens is 1. The van der Waals surface area contributed by atoms with E-state index in [1.54, 1.807) is 18.2 Å². The van der Waals surface area contributed by atoms with E-state index in [9.17, 15) is 9.90 Å². The highest BCUT2D eigenvalue weighted by Gasteiger charge is 2.64. The summed E-state index contributed by atoms with van der Waals surface area (Å²) in [5, 5.41) is 22.1. The normalized spacial score (nSPS) is 24.7. The molecule has 2 N–H and O–H groups in total. The van der Waals surface area contributed by atoms with E-state index in [4.69, 9.17) is 21.6 Å². The molecule has 1 amide bonds. The number of nitrogens with one attached hydrogen (secondary N) is 1. The maximum absolute atomic E-state index is 13.1. The van der Waals surface area contributed by atoms with E-state index in [1.807, 2.05) is 24.3 Å². The minimum Gasteiger partial charge on any atom is -0.489 e. The number of aliphatic hydroxyl groups is 1. The Kier molecular flexibility index (Phi) is 6.54. The van der Waals surface area contributed by atoms with E-state index >= 15 is 0 Å². The molecule has 1 saturated heterocycles. The van der Waals surface area contributed by atoms with Crippen LogP contribution in [0.2, 0.25) is 5.02 Å². The third-order valence-electron chi connectivity index (χ3n) is 7.47. The predicted molar refractivity (Wildman–Crippen MR) is 133 cm³/mol. The molecule has 7 heteroatoms. The Balaban J connectivity index is 1.42. The van der Waals surface area contributed by atoms with Gasteiger partial charge in [-0.3, -0.25) is 4.79 Å². The number of hydrogen-bond donors (Lipinski definition) is 2. The van der Waals surface area contributed by atoms with Crippen LogP contribution >= 0.6 is 11.6 Å². The SMILES string of the molecule is CC1(C)[C@H](NC(=O)c2ccc(N3CC[C@H](CO)C3)cc2)C(C)(C)[C@H]1Oc1ccc(C#N)c(Cl)c1. The smallest absolute Gasteiger partial charge is 0.251 e. The Labute approximate surface area is 206 Å². The number of anilines is 1. The molecule has 1 saturated carbocycles. The minimum atomic E-state index is -0.311. The maximum Gasteiger partial charge on any atom is 0.251 e. The summed E-state index contributed by atoms with van der Waals surface area (Å²) in [5.41, 5.74) is 1.49. The van der Waals surface area contributed by atoms with Gasteiger partial charge in [-0.15, -0.1) is 0 Å². The van der Waals surface area contributed by atoms with Gasteiger partial charge < -0.3 is 20.1 Å². The van der Waals surface area contributed by atoms with Crippen LogP contribution < -0.4 is 15.0 Å². The van der Waals surface area contributed by atoms with Crippen molar-refractivity contribution < 1.29 is 14.6 Å². The van der Waals surface area contributed by atoms with Gasteiger partial charge in [-0.25, -0.2) is 0 Å². The zero-order valence-electron chi connectivity index (χ0n) is 20.1. The van der Waals surface area contributed by atoms with Crippen LogP contribution in [0.3, 0.4) is 0 Å². The van der Waals surface area contributed by atoms with Crippen molar-refractivity contribution in [3.63, 3.8) is 0 Å². The zero-order chi connectivity index (χ0) is 24.7. The largest absolute Gasteiger partial charge is 0.489 e. The van der Waals surface area contributed by atoms with Gasteiger partial charge in [0.25, 0.3) is 5.91 Å². The fourth-order valence-corrected chi connectivity index (χ4v) is 6.06. The Morgan fingerprint density at radius 3 is 2.44 bits per heavy atom. The molecule has 0 aromatic heterocycles. The van der Waals surface area contributed by atoms with E-state index in [2.05, 4.69) is 44.0 Å². The summed E-state index contributed by atoms with van der Waals surface area (Å²) in [4.78, 5) is 15.3. The third-order valence-corrected chi connectivity index (χ3v) is 7.78. The molecule has 6 nitrogen and oxygen atoms in total. The molecule has 1 atom stereocenters. The van der Waals surface area contributed by atoms with E-state index < -0.39 is 0 Å². The molecular weight excluding hydrogens is 450 g/mol.